The Morgan fingerprint density at radius 1 is 1.41 bits per heavy atom. The number of aryl methyl sites for hydroxylation is 1. The van der Waals surface area contributed by atoms with E-state index in [4.69, 9.17) is 0 Å². The molecule has 1 aliphatic carbocycles. The lowest BCUT2D eigenvalue weighted by atomic mass is 10.0. The van der Waals surface area contributed by atoms with Crippen LogP contribution in [0.1, 0.15) is 36.8 Å². The molecule has 0 aromatic heterocycles. The minimum Gasteiger partial charge on any atom is -0.391 e. The highest BCUT2D eigenvalue weighted by molar-refractivity contribution is 14.0. The van der Waals surface area contributed by atoms with Crippen LogP contribution in [0.5, 0.6) is 0 Å². The summed E-state index contributed by atoms with van der Waals surface area (Å²) in [7, 11) is 0. The minimum atomic E-state index is -0.208. The number of aliphatic hydroxyl groups is 1. The third-order valence-electron chi connectivity index (χ3n) is 4.46. The predicted molar refractivity (Wildman–Crippen MR) is 101 cm³/mol. The number of benzene rings is 1. The van der Waals surface area contributed by atoms with Crippen LogP contribution in [0.15, 0.2) is 29.3 Å². The summed E-state index contributed by atoms with van der Waals surface area (Å²) in [4.78, 5) is 6.77. The summed E-state index contributed by atoms with van der Waals surface area (Å²) < 4.78 is 0. The van der Waals surface area contributed by atoms with Crippen LogP contribution in [-0.4, -0.2) is 47.7 Å². The van der Waals surface area contributed by atoms with Gasteiger partial charge in [-0.2, -0.15) is 0 Å². The maximum atomic E-state index is 9.71. The molecule has 2 N–H and O–H groups in total. The molecular weight excluding hydrogens is 389 g/mol. The standard InChI is InChI=1S/C17H25N3O.HI/c1-3-18-17(20-9-8-13(21)11-20)19-16-10-15(16)14-7-5-4-6-12(14)2;/h4-7,13,15-16,21H,3,8-11H2,1-2H3,(H,18,19);1H/t13-,15?,16?;/m1./s1. The first kappa shape index (κ1) is 17.5. The van der Waals surface area contributed by atoms with Crippen LogP contribution >= 0.6 is 24.0 Å². The van der Waals surface area contributed by atoms with Gasteiger partial charge in [0.15, 0.2) is 5.96 Å². The molecule has 2 aliphatic rings. The Labute approximate surface area is 150 Å². The summed E-state index contributed by atoms with van der Waals surface area (Å²) >= 11 is 0. The van der Waals surface area contributed by atoms with Crippen molar-refractivity contribution in [1.82, 2.24) is 10.2 Å². The molecule has 1 saturated carbocycles. The monoisotopic (exact) mass is 415 g/mol. The molecule has 1 heterocycles. The summed E-state index contributed by atoms with van der Waals surface area (Å²) in [5.41, 5.74) is 2.82. The normalized spacial score (nSPS) is 27.5. The summed E-state index contributed by atoms with van der Waals surface area (Å²) in [6.07, 6.45) is 1.81. The number of likely N-dealkylation sites (tertiary alicyclic amines) is 1. The molecule has 1 aromatic rings. The van der Waals surface area contributed by atoms with E-state index in [0.717, 1.165) is 25.5 Å². The van der Waals surface area contributed by atoms with Gasteiger partial charge in [0.25, 0.3) is 0 Å². The Hall–Kier alpha value is -0.820. The second-order valence-electron chi connectivity index (χ2n) is 6.14. The van der Waals surface area contributed by atoms with Crippen LogP contribution in [0.25, 0.3) is 0 Å². The number of aliphatic imine (C=N–C) groups is 1. The Morgan fingerprint density at radius 3 is 2.82 bits per heavy atom. The third kappa shape index (κ3) is 3.93. The lowest BCUT2D eigenvalue weighted by Gasteiger charge is -2.21. The van der Waals surface area contributed by atoms with E-state index in [1.54, 1.807) is 0 Å². The smallest absolute Gasteiger partial charge is 0.194 e. The number of rotatable bonds is 3. The highest BCUT2D eigenvalue weighted by atomic mass is 127. The number of aliphatic hydroxyl groups excluding tert-OH is 1. The molecule has 0 radical (unpaired) electrons. The number of hydrogen-bond acceptors (Lipinski definition) is 2. The summed E-state index contributed by atoms with van der Waals surface area (Å²) in [5.74, 6) is 1.57. The van der Waals surface area contributed by atoms with E-state index in [-0.39, 0.29) is 30.1 Å². The van der Waals surface area contributed by atoms with Gasteiger partial charge < -0.3 is 15.3 Å². The Morgan fingerprint density at radius 2 is 2.18 bits per heavy atom. The fourth-order valence-electron chi connectivity index (χ4n) is 3.19. The van der Waals surface area contributed by atoms with Gasteiger partial charge in [-0.15, -0.1) is 24.0 Å². The average molecular weight is 415 g/mol. The number of guanidine groups is 1. The number of β-amino-alcohol motifs (C(OH)–C–C–N with tert-alkyl or cyclic N) is 1. The topological polar surface area (TPSA) is 47.9 Å². The van der Waals surface area contributed by atoms with Crippen molar-refractivity contribution in [3.8, 4) is 0 Å². The summed E-state index contributed by atoms with van der Waals surface area (Å²) in [6.45, 7) is 6.61. The Bertz CT molecular complexity index is 534. The van der Waals surface area contributed by atoms with E-state index in [2.05, 4.69) is 53.3 Å². The van der Waals surface area contributed by atoms with Gasteiger partial charge in [0.2, 0.25) is 0 Å². The zero-order chi connectivity index (χ0) is 14.8. The van der Waals surface area contributed by atoms with Crippen molar-refractivity contribution >= 4 is 29.9 Å². The van der Waals surface area contributed by atoms with E-state index in [0.29, 0.717) is 18.5 Å². The number of halogens is 1. The largest absolute Gasteiger partial charge is 0.391 e. The van der Waals surface area contributed by atoms with Gasteiger partial charge >= 0.3 is 0 Å². The molecule has 5 heteroatoms. The molecule has 0 spiro atoms. The first-order chi connectivity index (χ1) is 10.2. The zero-order valence-electron chi connectivity index (χ0n) is 13.3. The van der Waals surface area contributed by atoms with Crippen LogP contribution < -0.4 is 5.32 Å². The fourth-order valence-corrected chi connectivity index (χ4v) is 3.19. The molecule has 1 aliphatic heterocycles. The van der Waals surface area contributed by atoms with Gasteiger partial charge in [-0.3, -0.25) is 4.99 Å². The van der Waals surface area contributed by atoms with E-state index >= 15 is 0 Å². The molecule has 0 amide bonds. The second kappa shape index (κ2) is 7.64. The highest BCUT2D eigenvalue weighted by Gasteiger charge is 2.40. The number of nitrogens with zero attached hydrogens (tertiary/aromatic N) is 2. The van der Waals surface area contributed by atoms with Crippen LogP contribution in [-0.2, 0) is 0 Å². The predicted octanol–water partition coefficient (Wildman–Crippen LogP) is 2.50. The molecule has 4 nitrogen and oxygen atoms in total. The molecule has 0 bridgehead atoms. The van der Waals surface area contributed by atoms with Gasteiger partial charge in [0.1, 0.15) is 0 Å². The quantitative estimate of drug-likeness (QED) is 0.453. The van der Waals surface area contributed by atoms with Crippen molar-refractivity contribution in [2.45, 2.75) is 44.8 Å². The molecule has 1 aromatic carbocycles. The van der Waals surface area contributed by atoms with Crippen molar-refractivity contribution in [3.63, 3.8) is 0 Å². The Kier molecular flexibility index (Phi) is 6.09. The van der Waals surface area contributed by atoms with Gasteiger partial charge in [0, 0.05) is 31.6 Å². The van der Waals surface area contributed by atoms with Crippen molar-refractivity contribution in [2.75, 3.05) is 19.6 Å². The van der Waals surface area contributed by atoms with E-state index < -0.39 is 0 Å². The van der Waals surface area contributed by atoms with Crippen molar-refractivity contribution in [2.24, 2.45) is 4.99 Å². The van der Waals surface area contributed by atoms with Crippen molar-refractivity contribution in [3.05, 3.63) is 35.4 Å². The van der Waals surface area contributed by atoms with Gasteiger partial charge in [-0.25, -0.2) is 0 Å². The first-order valence-corrected chi connectivity index (χ1v) is 7.98. The first-order valence-electron chi connectivity index (χ1n) is 7.98. The SMILES string of the molecule is CCN=C(NC1CC1c1ccccc1C)N1CC[C@@H](O)C1.I. The Balaban J connectivity index is 0.00000176. The molecule has 2 unspecified atom stereocenters. The lowest BCUT2D eigenvalue weighted by Crippen LogP contribution is -2.42. The molecule has 122 valence electrons. The highest BCUT2D eigenvalue weighted by Crippen LogP contribution is 2.42. The van der Waals surface area contributed by atoms with Crippen molar-refractivity contribution in [1.29, 1.82) is 0 Å². The summed E-state index contributed by atoms with van der Waals surface area (Å²) in [5, 5.41) is 13.3. The van der Waals surface area contributed by atoms with Gasteiger partial charge in [-0.1, -0.05) is 24.3 Å². The summed E-state index contributed by atoms with van der Waals surface area (Å²) in [6, 6.07) is 9.11. The van der Waals surface area contributed by atoms with E-state index in [1.165, 1.54) is 17.5 Å². The number of nitrogens with one attached hydrogen (secondary N) is 1. The molecule has 1 saturated heterocycles. The van der Waals surface area contributed by atoms with Crippen molar-refractivity contribution < 1.29 is 5.11 Å². The molecule has 3 rings (SSSR count). The number of hydrogen-bond donors (Lipinski definition) is 2. The van der Waals surface area contributed by atoms with Gasteiger partial charge in [-0.05, 0) is 37.8 Å². The zero-order valence-corrected chi connectivity index (χ0v) is 15.7. The van der Waals surface area contributed by atoms with Crippen LogP contribution in [0.2, 0.25) is 0 Å². The molecular formula is C17H26IN3O. The molecule has 22 heavy (non-hydrogen) atoms. The lowest BCUT2D eigenvalue weighted by molar-refractivity contribution is 0.187. The van der Waals surface area contributed by atoms with E-state index in [1.807, 2.05) is 0 Å². The van der Waals surface area contributed by atoms with Crippen LogP contribution in [0, 0.1) is 6.92 Å². The maximum Gasteiger partial charge on any atom is 0.194 e. The molecule has 3 atom stereocenters. The molecule has 2 fully saturated rings. The fraction of sp³-hybridized carbons (Fsp3) is 0.588. The average Bonchev–Trinajstić information content (AvgIpc) is 3.09. The van der Waals surface area contributed by atoms with Crippen LogP contribution in [0.3, 0.4) is 0 Å². The third-order valence-corrected chi connectivity index (χ3v) is 4.46. The second-order valence-corrected chi connectivity index (χ2v) is 6.14. The minimum absolute atomic E-state index is 0. The van der Waals surface area contributed by atoms with E-state index in [9.17, 15) is 5.11 Å². The van der Waals surface area contributed by atoms with Crippen LogP contribution in [0.4, 0.5) is 0 Å². The maximum absolute atomic E-state index is 9.71. The van der Waals surface area contributed by atoms with Gasteiger partial charge in [0.05, 0.1) is 6.10 Å².